The van der Waals surface area contributed by atoms with Crippen LogP contribution in [-0.2, 0) is 20.9 Å². The van der Waals surface area contributed by atoms with Gasteiger partial charge in [0.05, 0.1) is 0 Å². The Morgan fingerprint density at radius 3 is 2.59 bits per heavy atom. The largest absolute Gasteiger partial charge is 0.482 e. The molecule has 0 fully saturated rings. The molecule has 0 bridgehead atoms. The molecule has 29 heavy (non-hydrogen) atoms. The summed E-state index contributed by atoms with van der Waals surface area (Å²) in [7, 11) is 0. The van der Waals surface area contributed by atoms with Crippen molar-refractivity contribution in [3.8, 4) is 17.2 Å². The minimum atomic E-state index is -0.586. The van der Waals surface area contributed by atoms with Gasteiger partial charge in [0, 0.05) is 13.1 Å². The molecule has 0 radical (unpaired) electrons. The van der Waals surface area contributed by atoms with E-state index in [0.29, 0.717) is 30.3 Å². The molecule has 2 aromatic rings. The highest BCUT2D eigenvalue weighted by Crippen LogP contribution is 2.32. The minimum Gasteiger partial charge on any atom is -0.482 e. The molecule has 154 valence electrons. The topological polar surface area (TPSA) is 74.3 Å². The Balaban J connectivity index is 1.47. The van der Waals surface area contributed by atoms with Crippen LogP contribution < -0.4 is 14.2 Å². The van der Waals surface area contributed by atoms with Gasteiger partial charge >= 0.3 is 5.97 Å². The Bertz CT molecular complexity index is 895. The number of carbonyl (C=O) groups excluding carboxylic acids is 2. The van der Waals surface area contributed by atoms with E-state index in [1.54, 1.807) is 4.90 Å². The second-order valence-corrected chi connectivity index (χ2v) is 6.81. The number of nitrogens with zero attached hydrogens (tertiary/aromatic N) is 1. The average molecular weight is 399 g/mol. The first-order chi connectivity index (χ1) is 14.0. The van der Waals surface area contributed by atoms with E-state index in [1.807, 2.05) is 57.2 Å². The molecule has 7 nitrogen and oxygen atoms in total. The van der Waals surface area contributed by atoms with Gasteiger partial charge < -0.3 is 23.8 Å². The van der Waals surface area contributed by atoms with Crippen LogP contribution in [0.25, 0.3) is 0 Å². The molecule has 0 spiro atoms. The number of carbonyl (C=O) groups is 2. The number of hydrogen-bond acceptors (Lipinski definition) is 6. The van der Waals surface area contributed by atoms with Gasteiger partial charge in [0.15, 0.2) is 24.7 Å². The van der Waals surface area contributed by atoms with Gasteiger partial charge in [-0.25, -0.2) is 4.79 Å². The third kappa shape index (κ3) is 5.40. The van der Waals surface area contributed by atoms with Gasteiger partial charge in [-0.2, -0.15) is 0 Å². The van der Waals surface area contributed by atoms with Gasteiger partial charge in [-0.15, -0.1) is 0 Å². The maximum Gasteiger partial charge on any atom is 0.344 e. The lowest BCUT2D eigenvalue weighted by Crippen LogP contribution is -2.34. The zero-order chi connectivity index (χ0) is 20.8. The highest BCUT2D eigenvalue weighted by molar-refractivity contribution is 5.81. The standard InChI is InChI=1S/C22H25NO6/c1-4-23(11-17-6-8-19-20(10-17)29-14-28-19)21(24)12-27-22(25)13-26-18-7-5-15(2)9-16(18)3/h5-10H,4,11-14H2,1-3H3. The van der Waals surface area contributed by atoms with Gasteiger partial charge in [0.2, 0.25) is 6.79 Å². The van der Waals surface area contributed by atoms with Gasteiger partial charge in [0.25, 0.3) is 5.91 Å². The maximum atomic E-state index is 12.4. The fourth-order valence-corrected chi connectivity index (χ4v) is 3.01. The van der Waals surface area contributed by atoms with E-state index in [2.05, 4.69) is 0 Å². The monoisotopic (exact) mass is 399 g/mol. The fourth-order valence-electron chi connectivity index (χ4n) is 3.01. The minimum absolute atomic E-state index is 0.204. The molecule has 3 rings (SSSR count). The number of amides is 1. The average Bonchev–Trinajstić information content (AvgIpc) is 3.17. The number of esters is 1. The Labute approximate surface area is 170 Å². The van der Waals surface area contributed by atoms with Crippen LogP contribution in [0.4, 0.5) is 0 Å². The van der Waals surface area contributed by atoms with Gasteiger partial charge in [-0.05, 0) is 50.1 Å². The van der Waals surface area contributed by atoms with E-state index < -0.39 is 5.97 Å². The van der Waals surface area contributed by atoms with Crippen molar-refractivity contribution < 1.29 is 28.5 Å². The first-order valence-electron chi connectivity index (χ1n) is 9.48. The molecule has 0 unspecified atom stereocenters. The van der Waals surface area contributed by atoms with E-state index in [0.717, 1.165) is 16.7 Å². The lowest BCUT2D eigenvalue weighted by molar-refractivity contribution is -0.153. The second-order valence-electron chi connectivity index (χ2n) is 6.81. The number of benzene rings is 2. The van der Waals surface area contributed by atoms with Crippen molar-refractivity contribution in [3.05, 3.63) is 53.1 Å². The smallest absolute Gasteiger partial charge is 0.344 e. The van der Waals surface area contributed by atoms with Crippen LogP contribution in [0.5, 0.6) is 17.2 Å². The Morgan fingerprint density at radius 2 is 1.83 bits per heavy atom. The predicted octanol–water partition coefficient (Wildman–Crippen LogP) is 3.00. The van der Waals surface area contributed by atoms with Gasteiger partial charge in [-0.3, -0.25) is 4.79 Å². The van der Waals surface area contributed by atoms with Crippen molar-refractivity contribution in [3.63, 3.8) is 0 Å². The van der Waals surface area contributed by atoms with Gasteiger partial charge in [0.1, 0.15) is 5.75 Å². The van der Waals surface area contributed by atoms with E-state index in [1.165, 1.54) is 0 Å². The quantitative estimate of drug-likeness (QED) is 0.636. The number of likely N-dealkylation sites (N-methyl/N-ethyl adjacent to an activating group) is 1. The molecule has 7 heteroatoms. The molecule has 0 saturated heterocycles. The summed E-state index contributed by atoms with van der Waals surface area (Å²) in [6.45, 7) is 6.28. The predicted molar refractivity (Wildman–Crippen MR) is 106 cm³/mol. The van der Waals surface area contributed by atoms with Crippen molar-refractivity contribution in [2.75, 3.05) is 26.6 Å². The van der Waals surface area contributed by atoms with Crippen LogP contribution in [-0.4, -0.2) is 43.3 Å². The summed E-state index contributed by atoms with van der Waals surface area (Å²) in [5.74, 6) is 1.13. The van der Waals surface area contributed by atoms with Crippen molar-refractivity contribution in [1.29, 1.82) is 0 Å². The van der Waals surface area contributed by atoms with Crippen molar-refractivity contribution in [2.45, 2.75) is 27.3 Å². The number of hydrogen-bond donors (Lipinski definition) is 0. The van der Waals surface area contributed by atoms with E-state index in [4.69, 9.17) is 18.9 Å². The molecule has 1 aliphatic heterocycles. The van der Waals surface area contributed by atoms with E-state index in [9.17, 15) is 9.59 Å². The third-order valence-electron chi connectivity index (χ3n) is 4.58. The number of aryl methyl sites for hydroxylation is 2. The highest BCUT2D eigenvalue weighted by Gasteiger charge is 2.18. The van der Waals surface area contributed by atoms with Gasteiger partial charge in [-0.1, -0.05) is 23.8 Å². The van der Waals surface area contributed by atoms with Crippen LogP contribution in [0.15, 0.2) is 36.4 Å². The van der Waals surface area contributed by atoms with Crippen LogP contribution >= 0.6 is 0 Å². The Kier molecular flexibility index (Phi) is 6.59. The fraction of sp³-hybridized carbons (Fsp3) is 0.364. The summed E-state index contributed by atoms with van der Waals surface area (Å²) < 4.78 is 21.2. The summed E-state index contributed by atoms with van der Waals surface area (Å²) in [6, 6.07) is 11.2. The van der Waals surface area contributed by atoms with Crippen molar-refractivity contribution >= 4 is 11.9 Å². The molecule has 0 N–H and O–H groups in total. The van der Waals surface area contributed by atoms with E-state index >= 15 is 0 Å². The van der Waals surface area contributed by atoms with Crippen LogP contribution in [0.2, 0.25) is 0 Å². The maximum absolute atomic E-state index is 12.4. The molecule has 2 aromatic carbocycles. The number of ether oxygens (including phenoxy) is 4. The Hall–Kier alpha value is -3.22. The highest BCUT2D eigenvalue weighted by atomic mass is 16.7. The molecular weight excluding hydrogens is 374 g/mol. The van der Waals surface area contributed by atoms with Crippen molar-refractivity contribution in [1.82, 2.24) is 4.90 Å². The molecule has 0 atom stereocenters. The third-order valence-corrected chi connectivity index (χ3v) is 4.58. The van der Waals surface area contributed by atoms with Crippen LogP contribution in [0, 0.1) is 13.8 Å². The Morgan fingerprint density at radius 1 is 1.03 bits per heavy atom. The lowest BCUT2D eigenvalue weighted by atomic mass is 10.1. The molecular formula is C22H25NO6. The normalized spacial score (nSPS) is 11.8. The molecule has 0 aliphatic carbocycles. The molecule has 1 heterocycles. The van der Waals surface area contributed by atoms with E-state index in [-0.39, 0.29) is 25.9 Å². The van der Waals surface area contributed by atoms with Crippen LogP contribution in [0.3, 0.4) is 0 Å². The molecule has 0 saturated carbocycles. The molecule has 0 aromatic heterocycles. The first kappa shape index (κ1) is 20.5. The second kappa shape index (κ2) is 9.32. The summed E-state index contributed by atoms with van der Waals surface area (Å²) >= 11 is 0. The van der Waals surface area contributed by atoms with Crippen LogP contribution in [0.1, 0.15) is 23.6 Å². The summed E-state index contributed by atoms with van der Waals surface area (Å²) in [5.41, 5.74) is 2.97. The number of fused-ring (bicyclic) bond motifs is 1. The lowest BCUT2D eigenvalue weighted by Gasteiger charge is -2.21. The van der Waals surface area contributed by atoms with Crippen molar-refractivity contribution in [2.24, 2.45) is 0 Å². The zero-order valence-electron chi connectivity index (χ0n) is 16.9. The summed E-state index contributed by atoms with van der Waals surface area (Å²) in [5, 5.41) is 0. The first-order valence-corrected chi connectivity index (χ1v) is 9.48. The summed E-state index contributed by atoms with van der Waals surface area (Å²) in [4.78, 5) is 26.0. The SMILES string of the molecule is CCN(Cc1ccc2c(c1)OCO2)C(=O)COC(=O)COc1ccc(C)cc1C. The molecule has 1 aliphatic rings. The molecule has 1 amide bonds. The summed E-state index contributed by atoms with van der Waals surface area (Å²) in [6.07, 6.45) is 0. The zero-order valence-corrected chi connectivity index (χ0v) is 16.9. The number of rotatable bonds is 8.